The minimum atomic E-state index is -1.18. The molecule has 0 unspecified atom stereocenters. The molecule has 12 heteroatoms. The number of halogens is 2. The Balaban J connectivity index is 2.03. The standard InChI is InChI=1S/C21H27BCl2N2O7/c1-11(2)7-17(22-32-16(9-19(28)33-22)21(30)31-12(3)4)26-18(27)10-25-20(29)14-8-13(23)5-6-15(14)24/h5-6,8,11-12,16-17H,7,9-10H2,1-4H3,(H,25,29)(H,26,27)/t16-,17-/m0/s1. The Bertz CT molecular complexity index is 897. The minimum Gasteiger partial charge on any atom is -0.508 e. The van der Waals surface area contributed by atoms with Crippen LogP contribution < -0.4 is 10.6 Å². The number of rotatable bonds is 9. The van der Waals surface area contributed by atoms with Gasteiger partial charge in [0, 0.05) is 5.02 Å². The summed E-state index contributed by atoms with van der Waals surface area (Å²) in [5.41, 5.74) is 0.131. The van der Waals surface area contributed by atoms with Crippen LogP contribution in [0.15, 0.2) is 18.2 Å². The molecule has 33 heavy (non-hydrogen) atoms. The van der Waals surface area contributed by atoms with E-state index in [1.54, 1.807) is 19.9 Å². The first kappa shape index (κ1) is 27.0. The second kappa shape index (κ2) is 12.2. The van der Waals surface area contributed by atoms with Crippen molar-refractivity contribution < 1.29 is 33.2 Å². The predicted molar refractivity (Wildman–Crippen MR) is 123 cm³/mol. The molecule has 1 heterocycles. The average Bonchev–Trinajstić information content (AvgIpc) is 2.72. The Morgan fingerprint density at radius 1 is 1.21 bits per heavy atom. The number of carbonyl (C=O) groups excluding carboxylic acids is 4. The van der Waals surface area contributed by atoms with Crippen LogP contribution in [0.4, 0.5) is 0 Å². The van der Waals surface area contributed by atoms with E-state index in [0.717, 1.165) is 0 Å². The lowest BCUT2D eigenvalue weighted by Gasteiger charge is -2.31. The number of hydrogen-bond acceptors (Lipinski definition) is 7. The van der Waals surface area contributed by atoms with Gasteiger partial charge >= 0.3 is 13.1 Å². The van der Waals surface area contributed by atoms with Crippen molar-refractivity contribution in [3.63, 3.8) is 0 Å². The monoisotopic (exact) mass is 500 g/mol. The number of hydrogen-bond donors (Lipinski definition) is 2. The molecule has 1 fully saturated rings. The van der Waals surface area contributed by atoms with Gasteiger partial charge in [-0.1, -0.05) is 37.0 Å². The van der Waals surface area contributed by atoms with Crippen LogP contribution in [-0.4, -0.2) is 55.6 Å². The molecule has 2 atom stereocenters. The molecule has 1 aromatic carbocycles. The summed E-state index contributed by atoms with van der Waals surface area (Å²) in [6.07, 6.45) is -1.39. The Morgan fingerprint density at radius 3 is 2.55 bits per heavy atom. The zero-order chi connectivity index (χ0) is 24.7. The molecular weight excluding hydrogens is 474 g/mol. The first-order valence-corrected chi connectivity index (χ1v) is 11.3. The Morgan fingerprint density at radius 2 is 1.91 bits per heavy atom. The topological polar surface area (TPSA) is 120 Å². The first-order valence-electron chi connectivity index (χ1n) is 10.5. The lowest BCUT2D eigenvalue weighted by atomic mass is 9.72. The quantitative estimate of drug-likeness (QED) is 0.394. The molecular formula is C21H27BCl2N2O7. The van der Waals surface area contributed by atoms with Crippen molar-refractivity contribution in [3.05, 3.63) is 33.8 Å². The molecule has 2 amide bonds. The van der Waals surface area contributed by atoms with Crippen molar-refractivity contribution in [3.8, 4) is 0 Å². The van der Waals surface area contributed by atoms with E-state index in [4.69, 9.17) is 37.2 Å². The summed E-state index contributed by atoms with van der Waals surface area (Å²) in [4.78, 5) is 49.2. The second-order valence-corrected chi connectivity index (χ2v) is 9.13. The van der Waals surface area contributed by atoms with Gasteiger partial charge in [0.1, 0.15) is 0 Å². The molecule has 180 valence electrons. The fraction of sp³-hybridized carbons (Fsp3) is 0.524. The number of carbonyl (C=O) groups is 4. The zero-order valence-electron chi connectivity index (χ0n) is 18.9. The molecule has 0 saturated carbocycles. The van der Waals surface area contributed by atoms with Gasteiger partial charge in [-0.3, -0.25) is 14.4 Å². The smallest absolute Gasteiger partial charge is 0.508 e. The summed E-state index contributed by atoms with van der Waals surface area (Å²) >= 11 is 11.9. The van der Waals surface area contributed by atoms with Gasteiger partial charge in [-0.25, -0.2) is 4.79 Å². The van der Waals surface area contributed by atoms with E-state index in [1.165, 1.54) is 12.1 Å². The summed E-state index contributed by atoms with van der Waals surface area (Å²) in [7, 11) is -1.18. The van der Waals surface area contributed by atoms with Crippen LogP contribution in [0.25, 0.3) is 0 Å². The number of benzene rings is 1. The largest absolute Gasteiger partial charge is 0.551 e. The van der Waals surface area contributed by atoms with Crippen LogP contribution in [-0.2, 0) is 28.4 Å². The highest BCUT2D eigenvalue weighted by atomic mass is 35.5. The molecule has 0 radical (unpaired) electrons. The van der Waals surface area contributed by atoms with Crippen LogP contribution in [0, 0.1) is 5.92 Å². The second-order valence-electron chi connectivity index (χ2n) is 8.28. The molecule has 2 rings (SSSR count). The highest BCUT2D eigenvalue weighted by molar-refractivity contribution is 6.50. The summed E-state index contributed by atoms with van der Waals surface area (Å²) in [5.74, 6) is -3.08. The summed E-state index contributed by atoms with van der Waals surface area (Å²) in [6.45, 7) is 6.83. The third-order valence-corrected chi connectivity index (χ3v) is 5.06. The summed E-state index contributed by atoms with van der Waals surface area (Å²) in [6, 6.07) is 4.41. The van der Waals surface area contributed by atoms with E-state index in [1.807, 2.05) is 13.8 Å². The van der Waals surface area contributed by atoms with Crippen LogP contribution in [0.1, 0.15) is 50.9 Å². The number of nitrogens with one attached hydrogen (secondary N) is 2. The van der Waals surface area contributed by atoms with Crippen LogP contribution in [0.2, 0.25) is 10.0 Å². The molecule has 0 spiro atoms. The lowest BCUT2D eigenvalue weighted by molar-refractivity contribution is -0.165. The third kappa shape index (κ3) is 8.53. The van der Waals surface area contributed by atoms with Gasteiger partial charge in [0.2, 0.25) is 5.91 Å². The van der Waals surface area contributed by atoms with Crippen molar-refractivity contribution in [1.82, 2.24) is 10.6 Å². The fourth-order valence-corrected chi connectivity index (χ4v) is 3.50. The molecule has 0 aromatic heterocycles. The lowest BCUT2D eigenvalue weighted by Crippen LogP contribution is -2.57. The van der Waals surface area contributed by atoms with Crippen molar-refractivity contribution in [2.75, 3.05) is 6.54 Å². The zero-order valence-corrected chi connectivity index (χ0v) is 20.4. The highest BCUT2D eigenvalue weighted by Crippen LogP contribution is 2.21. The molecule has 0 aliphatic carbocycles. The summed E-state index contributed by atoms with van der Waals surface area (Å²) < 4.78 is 16.0. The minimum absolute atomic E-state index is 0.0976. The number of ether oxygens (including phenoxy) is 1. The Hall–Kier alpha value is -2.30. The first-order chi connectivity index (χ1) is 15.5. The Kier molecular flexibility index (Phi) is 10.0. The van der Waals surface area contributed by atoms with Crippen LogP contribution >= 0.6 is 23.2 Å². The van der Waals surface area contributed by atoms with Crippen LogP contribution in [0.3, 0.4) is 0 Å². The van der Waals surface area contributed by atoms with Crippen molar-refractivity contribution in [1.29, 1.82) is 0 Å². The maximum Gasteiger partial charge on any atom is 0.551 e. The molecule has 1 saturated heterocycles. The molecule has 0 bridgehead atoms. The molecule has 2 N–H and O–H groups in total. The predicted octanol–water partition coefficient (Wildman–Crippen LogP) is 2.57. The van der Waals surface area contributed by atoms with Crippen molar-refractivity contribution in [2.24, 2.45) is 5.92 Å². The van der Waals surface area contributed by atoms with Gasteiger partial charge in [-0.05, 0) is 44.4 Å². The highest BCUT2D eigenvalue weighted by Gasteiger charge is 2.44. The SMILES string of the molecule is CC(C)C[C@H](NC(=O)CNC(=O)c1cc(Cl)ccc1Cl)B1OC(=O)C[C@@H](C(=O)OC(C)C)O1. The molecule has 1 aliphatic rings. The normalized spacial score (nSPS) is 16.9. The number of amides is 2. The third-order valence-electron chi connectivity index (χ3n) is 4.50. The van der Waals surface area contributed by atoms with E-state index < -0.39 is 42.9 Å². The van der Waals surface area contributed by atoms with E-state index in [0.29, 0.717) is 11.4 Å². The van der Waals surface area contributed by atoms with Gasteiger partial charge in [-0.15, -0.1) is 0 Å². The van der Waals surface area contributed by atoms with E-state index >= 15 is 0 Å². The van der Waals surface area contributed by atoms with E-state index in [-0.39, 0.29) is 35.6 Å². The molecule has 1 aliphatic heterocycles. The van der Waals surface area contributed by atoms with Gasteiger partial charge in [0.05, 0.1) is 35.6 Å². The summed E-state index contributed by atoms with van der Waals surface area (Å²) in [5, 5.41) is 5.69. The van der Waals surface area contributed by atoms with Gasteiger partial charge in [0.25, 0.3) is 11.9 Å². The molecule has 1 aromatic rings. The molecule has 9 nitrogen and oxygen atoms in total. The Labute approximate surface area is 202 Å². The van der Waals surface area contributed by atoms with E-state index in [9.17, 15) is 19.2 Å². The van der Waals surface area contributed by atoms with Crippen molar-refractivity contribution >= 4 is 54.1 Å². The fourth-order valence-electron chi connectivity index (χ4n) is 3.12. The van der Waals surface area contributed by atoms with Gasteiger partial charge in [0.15, 0.2) is 6.10 Å². The van der Waals surface area contributed by atoms with Crippen LogP contribution in [0.5, 0.6) is 0 Å². The average molecular weight is 501 g/mol. The maximum atomic E-state index is 12.5. The van der Waals surface area contributed by atoms with Gasteiger partial charge < -0.3 is 24.7 Å². The van der Waals surface area contributed by atoms with Gasteiger partial charge in [-0.2, -0.15) is 0 Å². The number of esters is 1. The van der Waals surface area contributed by atoms with Crippen molar-refractivity contribution in [2.45, 2.75) is 58.7 Å². The maximum absolute atomic E-state index is 12.5. The van der Waals surface area contributed by atoms with E-state index in [2.05, 4.69) is 10.6 Å².